The molecule has 5 heteroatoms. The second kappa shape index (κ2) is 7.83. The molecule has 2 heterocycles. The number of para-hydroxylation sites is 1. The van der Waals surface area contributed by atoms with E-state index in [1.807, 2.05) is 36.4 Å². The van der Waals surface area contributed by atoms with Crippen LogP contribution in [-0.4, -0.2) is 42.1 Å². The highest BCUT2D eigenvalue weighted by Gasteiger charge is 2.23. The minimum atomic E-state index is -0.0188. The van der Waals surface area contributed by atoms with Crippen LogP contribution in [0.3, 0.4) is 0 Å². The molecule has 1 fully saturated rings. The van der Waals surface area contributed by atoms with Crippen LogP contribution in [0, 0.1) is 0 Å². The molecule has 0 spiro atoms. The summed E-state index contributed by atoms with van der Waals surface area (Å²) in [5.41, 5.74) is 2.00. The molecule has 1 aromatic heterocycles. The quantitative estimate of drug-likeness (QED) is 0.785. The molecule has 0 bridgehead atoms. The maximum absolute atomic E-state index is 11.6. The first-order valence-corrected chi connectivity index (χ1v) is 8.38. The lowest BCUT2D eigenvalue weighted by molar-refractivity contribution is -0.127. The third-order valence-electron chi connectivity index (χ3n) is 4.37. The molecule has 0 saturated carbocycles. The van der Waals surface area contributed by atoms with Gasteiger partial charge in [-0.05, 0) is 23.8 Å². The van der Waals surface area contributed by atoms with Gasteiger partial charge in [-0.2, -0.15) is 0 Å². The monoisotopic (exact) mass is 338 g/mol. The number of rotatable bonds is 5. The van der Waals surface area contributed by atoms with E-state index in [0.717, 1.165) is 29.7 Å². The number of pyridine rings is 1. The van der Waals surface area contributed by atoms with Gasteiger partial charge in [0.25, 0.3) is 0 Å². The average Bonchev–Trinajstić information content (AvgIpc) is 2.68. The van der Waals surface area contributed by atoms with Gasteiger partial charge in [-0.25, -0.2) is 4.98 Å². The number of benzene rings is 1. The van der Waals surface area contributed by atoms with Crippen molar-refractivity contribution in [3.63, 3.8) is 0 Å². The molecular weight excluding hydrogens is 316 g/mol. The van der Waals surface area contributed by atoms with Crippen molar-refractivity contribution in [2.24, 2.45) is 0 Å². The molecule has 1 aliphatic heterocycles. The van der Waals surface area contributed by atoms with Crippen LogP contribution in [0.25, 0.3) is 11.1 Å². The Bertz CT molecular complexity index is 752. The van der Waals surface area contributed by atoms with E-state index in [4.69, 9.17) is 9.47 Å². The summed E-state index contributed by atoms with van der Waals surface area (Å²) >= 11 is 0. The van der Waals surface area contributed by atoms with Crippen molar-refractivity contribution in [3.05, 3.63) is 55.3 Å². The van der Waals surface area contributed by atoms with E-state index >= 15 is 0 Å². The smallest absolute Gasteiger partial charge is 0.245 e. The fourth-order valence-electron chi connectivity index (χ4n) is 3.02. The molecule has 0 atom stereocenters. The molecule has 0 N–H and O–H groups in total. The van der Waals surface area contributed by atoms with Crippen molar-refractivity contribution in [1.29, 1.82) is 0 Å². The number of hydrogen-bond donors (Lipinski definition) is 0. The third-order valence-corrected chi connectivity index (χ3v) is 4.37. The van der Waals surface area contributed by atoms with Crippen molar-refractivity contribution >= 4 is 5.91 Å². The number of ether oxygens (including phenoxy) is 2. The number of amides is 1. The molecule has 1 aromatic carbocycles. The van der Waals surface area contributed by atoms with Gasteiger partial charge in [-0.3, -0.25) is 4.79 Å². The molecule has 3 rings (SSSR count). The summed E-state index contributed by atoms with van der Waals surface area (Å²) in [5, 5.41) is 0. The van der Waals surface area contributed by atoms with Gasteiger partial charge in [-0.1, -0.05) is 24.8 Å². The molecule has 5 nitrogen and oxygen atoms in total. The topological polar surface area (TPSA) is 51.7 Å². The highest BCUT2D eigenvalue weighted by atomic mass is 16.5. The first-order valence-electron chi connectivity index (χ1n) is 8.38. The van der Waals surface area contributed by atoms with Gasteiger partial charge < -0.3 is 14.4 Å². The second-order valence-electron chi connectivity index (χ2n) is 5.93. The lowest BCUT2D eigenvalue weighted by Crippen LogP contribution is -2.41. The maximum atomic E-state index is 11.6. The van der Waals surface area contributed by atoms with Crippen LogP contribution >= 0.6 is 0 Å². The summed E-state index contributed by atoms with van der Waals surface area (Å²) < 4.78 is 11.5. The van der Waals surface area contributed by atoms with Crippen molar-refractivity contribution in [2.45, 2.75) is 18.9 Å². The predicted molar refractivity (Wildman–Crippen MR) is 96.7 cm³/mol. The summed E-state index contributed by atoms with van der Waals surface area (Å²) in [6.45, 7) is 4.90. The number of carbonyl (C=O) groups excluding carboxylic acids is 1. The number of nitrogens with zero attached hydrogens (tertiary/aromatic N) is 2. The Morgan fingerprint density at radius 2 is 2.04 bits per heavy atom. The van der Waals surface area contributed by atoms with Crippen molar-refractivity contribution in [3.8, 4) is 22.8 Å². The summed E-state index contributed by atoms with van der Waals surface area (Å²) in [6, 6.07) is 11.7. The van der Waals surface area contributed by atoms with Gasteiger partial charge >= 0.3 is 0 Å². The molecule has 0 radical (unpaired) electrons. The molecule has 1 amide bonds. The van der Waals surface area contributed by atoms with Gasteiger partial charge in [0.2, 0.25) is 11.8 Å². The minimum Gasteiger partial charge on any atom is -0.496 e. The number of carbonyl (C=O) groups is 1. The van der Waals surface area contributed by atoms with E-state index in [0.29, 0.717) is 19.0 Å². The Labute approximate surface area is 147 Å². The molecule has 130 valence electrons. The first-order chi connectivity index (χ1) is 12.2. The number of aromatic nitrogens is 1. The molecule has 0 unspecified atom stereocenters. The van der Waals surface area contributed by atoms with Crippen LogP contribution < -0.4 is 9.47 Å². The lowest BCUT2D eigenvalue weighted by Gasteiger charge is -2.31. The van der Waals surface area contributed by atoms with Crippen LogP contribution in [0.4, 0.5) is 0 Å². The van der Waals surface area contributed by atoms with Gasteiger partial charge in [0, 0.05) is 43.8 Å². The van der Waals surface area contributed by atoms with Crippen LogP contribution in [0.5, 0.6) is 11.6 Å². The summed E-state index contributed by atoms with van der Waals surface area (Å²) in [5.74, 6) is 1.39. The van der Waals surface area contributed by atoms with E-state index in [1.165, 1.54) is 6.08 Å². The maximum Gasteiger partial charge on any atom is 0.245 e. The van der Waals surface area contributed by atoms with Gasteiger partial charge in [0.15, 0.2) is 0 Å². The zero-order chi connectivity index (χ0) is 17.6. The third kappa shape index (κ3) is 3.99. The Balaban J connectivity index is 1.69. The molecule has 0 aliphatic carbocycles. The molecule has 1 saturated heterocycles. The number of likely N-dealkylation sites (tertiary alicyclic amines) is 1. The predicted octanol–water partition coefficient (Wildman–Crippen LogP) is 3.31. The van der Waals surface area contributed by atoms with Crippen LogP contribution in [0.15, 0.2) is 55.3 Å². The lowest BCUT2D eigenvalue weighted by atomic mass is 10.1. The second-order valence-corrected chi connectivity index (χ2v) is 5.93. The zero-order valence-electron chi connectivity index (χ0n) is 14.4. The van der Waals surface area contributed by atoms with Gasteiger partial charge in [-0.15, -0.1) is 0 Å². The summed E-state index contributed by atoms with van der Waals surface area (Å²) in [6.07, 6.45) is 4.75. The number of piperidine rings is 1. The Kier molecular flexibility index (Phi) is 5.33. The van der Waals surface area contributed by atoms with Gasteiger partial charge in [0.05, 0.1) is 7.11 Å². The molecule has 1 aliphatic rings. The Morgan fingerprint density at radius 3 is 2.76 bits per heavy atom. The SMILES string of the molecule is C=CC(=O)N1CCC(Oc2cc(-c3ccccc3OC)ccn2)CC1. The normalized spacial score (nSPS) is 14.8. The van der Waals surface area contributed by atoms with E-state index in [-0.39, 0.29) is 12.0 Å². The Morgan fingerprint density at radius 1 is 1.28 bits per heavy atom. The standard InChI is InChI=1S/C20H22N2O3/c1-3-20(23)22-12-9-16(10-13-22)25-19-14-15(8-11-21-19)17-6-4-5-7-18(17)24-2/h3-8,11,14,16H,1,9-10,12-13H2,2H3. The average molecular weight is 338 g/mol. The van der Waals surface area contributed by atoms with E-state index in [9.17, 15) is 4.79 Å². The summed E-state index contributed by atoms with van der Waals surface area (Å²) in [7, 11) is 1.66. The molecule has 2 aromatic rings. The van der Waals surface area contributed by atoms with Crippen molar-refractivity contribution < 1.29 is 14.3 Å². The highest BCUT2D eigenvalue weighted by Crippen LogP contribution is 2.31. The van der Waals surface area contributed by atoms with Crippen LogP contribution in [-0.2, 0) is 4.79 Å². The van der Waals surface area contributed by atoms with Gasteiger partial charge in [0.1, 0.15) is 11.9 Å². The zero-order valence-corrected chi connectivity index (χ0v) is 14.4. The Hall–Kier alpha value is -2.82. The first kappa shape index (κ1) is 17.0. The van der Waals surface area contributed by atoms with Crippen molar-refractivity contribution in [1.82, 2.24) is 9.88 Å². The van der Waals surface area contributed by atoms with E-state index < -0.39 is 0 Å². The van der Waals surface area contributed by atoms with E-state index in [1.54, 1.807) is 18.2 Å². The molecule has 25 heavy (non-hydrogen) atoms. The number of methoxy groups -OCH3 is 1. The van der Waals surface area contributed by atoms with Crippen LogP contribution in [0.1, 0.15) is 12.8 Å². The van der Waals surface area contributed by atoms with Crippen LogP contribution in [0.2, 0.25) is 0 Å². The fraction of sp³-hybridized carbons (Fsp3) is 0.300. The number of hydrogen-bond acceptors (Lipinski definition) is 4. The highest BCUT2D eigenvalue weighted by molar-refractivity contribution is 5.87. The van der Waals surface area contributed by atoms with Crippen molar-refractivity contribution in [2.75, 3.05) is 20.2 Å². The van der Waals surface area contributed by atoms with E-state index in [2.05, 4.69) is 11.6 Å². The largest absolute Gasteiger partial charge is 0.496 e. The fourth-order valence-corrected chi connectivity index (χ4v) is 3.02. The summed E-state index contributed by atoms with van der Waals surface area (Å²) in [4.78, 5) is 17.8. The molecular formula is C20H22N2O3. The minimum absolute atomic E-state index is 0.0188.